The van der Waals surface area contributed by atoms with Crippen LogP contribution in [0.3, 0.4) is 0 Å². The van der Waals surface area contributed by atoms with Gasteiger partial charge in [-0.3, -0.25) is 9.59 Å². The monoisotopic (exact) mass is 319 g/mol. The van der Waals surface area contributed by atoms with E-state index in [2.05, 4.69) is 22.3 Å². The second-order valence-electron chi connectivity index (χ2n) is 6.04. The third kappa shape index (κ3) is 8.98. The SMILES string of the molecule is CC(=O)N(CCCc1ccccc1)CC(=O)NCCCN(C)C. The molecule has 0 spiro atoms. The van der Waals surface area contributed by atoms with Gasteiger partial charge in [0.2, 0.25) is 11.8 Å². The summed E-state index contributed by atoms with van der Waals surface area (Å²) in [5.41, 5.74) is 1.25. The Morgan fingerprint density at radius 2 is 1.74 bits per heavy atom. The molecule has 1 aromatic carbocycles. The Bertz CT molecular complexity index is 474. The molecule has 1 aromatic rings. The topological polar surface area (TPSA) is 52.7 Å². The number of hydrogen-bond acceptors (Lipinski definition) is 3. The molecule has 0 aliphatic rings. The van der Waals surface area contributed by atoms with Crippen molar-refractivity contribution in [2.24, 2.45) is 0 Å². The van der Waals surface area contributed by atoms with E-state index in [1.807, 2.05) is 32.3 Å². The molecule has 2 amide bonds. The van der Waals surface area contributed by atoms with Gasteiger partial charge in [0.1, 0.15) is 0 Å². The van der Waals surface area contributed by atoms with Crippen molar-refractivity contribution < 1.29 is 9.59 Å². The molecule has 0 radical (unpaired) electrons. The summed E-state index contributed by atoms with van der Waals surface area (Å²) in [6.07, 6.45) is 2.68. The maximum absolute atomic E-state index is 11.9. The average molecular weight is 319 g/mol. The van der Waals surface area contributed by atoms with Gasteiger partial charge in [-0.1, -0.05) is 30.3 Å². The number of aryl methyl sites for hydroxylation is 1. The normalized spacial score (nSPS) is 10.6. The Morgan fingerprint density at radius 1 is 1.04 bits per heavy atom. The summed E-state index contributed by atoms with van der Waals surface area (Å²) in [5, 5.41) is 2.87. The minimum absolute atomic E-state index is 0.0542. The lowest BCUT2D eigenvalue weighted by molar-refractivity contribution is -0.134. The lowest BCUT2D eigenvalue weighted by Crippen LogP contribution is -2.40. The van der Waals surface area contributed by atoms with Crippen LogP contribution in [0.1, 0.15) is 25.3 Å². The quantitative estimate of drug-likeness (QED) is 0.666. The number of carbonyl (C=O) groups is 2. The van der Waals surface area contributed by atoms with Crippen LogP contribution in [0.4, 0.5) is 0 Å². The van der Waals surface area contributed by atoms with Crippen LogP contribution < -0.4 is 5.32 Å². The third-order valence-corrected chi connectivity index (χ3v) is 3.62. The van der Waals surface area contributed by atoms with Gasteiger partial charge in [0.05, 0.1) is 6.54 Å². The molecule has 0 aromatic heterocycles. The fourth-order valence-electron chi connectivity index (χ4n) is 2.32. The molecule has 0 bridgehead atoms. The van der Waals surface area contributed by atoms with E-state index in [0.29, 0.717) is 13.1 Å². The van der Waals surface area contributed by atoms with Gasteiger partial charge >= 0.3 is 0 Å². The van der Waals surface area contributed by atoms with E-state index < -0.39 is 0 Å². The minimum Gasteiger partial charge on any atom is -0.355 e. The first-order valence-electron chi connectivity index (χ1n) is 8.20. The van der Waals surface area contributed by atoms with E-state index in [9.17, 15) is 9.59 Å². The van der Waals surface area contributed by atoms with Crippen molar-refractivity contribution in [3.8, 4) is 0 Å². The first kappa shape index (κ1) is 19.2. The van der Waals surface area contributed by atoms with Gasteiger partial charge in [0.15, 0.2) is 0 Å². The highest BCUT2D eigenvalue weighted by Crippen LogP contribution is 2.04. The molecule has 0 aliphatic heterocycles. The van der Waals surface area contributed by atoms with Crippen molar-refractivity contribution in [3.05, 3.63) is 35.9 Å². The number of amides is 2. The van der Waals surface area contributed by atoms with Crippen molar-refractivity contribution in [1.29, 1.82) is 0 Å². The van der Waals surface area contributed by atoms with E-state index in [1.165, 1.54) is 12.5 Å². The summed E-state index contributed by atoms with van der Waals surface area (Å²) in [4.78, 5) is 27.3. The van der Waals surface area contributed by atoms with E-state index in [-0.39, 0.29) is 18.4 Å². The predicted molar refractivity (Wildman–Crippen MR) is 93.2 cm³/mol. The standard InChI is InChI=1S/C18H29N3O2/c1-16(22)21(14-7-11-17-9-5-4-6-10-17)15-18(23)19-12-8-13-20(2)3/h4-6,9-10H,7-8,11-15H2,1-3H3,(H,19,23). The Balaban J connectivity index is 2.28. The van der Waals surface area contributed by atoms with Crippen LogP contribution in [0.25, 0.3) is 0 Å². The summed E-state index contributed by atoms with van der Waals surface area (Å²) in [6, 6.07) is 10.2. The van der Waals surface area contributed by atoms with Crippen LogP contribution in [-0.2, 0) is 16.0 Å². The van der Waals surface area contributed by atoms with Crippen LogP contribution in [0.15, 0.2) is 30.3 Å². The molecule has 1 N–H and O–H groups in total. The second-order valence-corrected chi connectivity index (χ2v) is 6.04. The van der Waals surface area contributed by atoms with Crippen LogP contribution in [-0.4, -0.2) is 61.9 Å². The van der Waals surface area contributed by atoms with E-state index >= 15 is 0 Å². The minimum atomic E-state index is -0.0846. The molecule has 23 heavy (non-hydrogen) atoms. The lowest BCUT2D eigenvalue weighted by atomic mass is 10.1. The highest BCUT2D eigenvalue weighted by molar-refractivity contribution is 5.83. The van der Waals surface area contributed by atoms with E-state index in [4.69, 9.17) is 0 Å². The van der Waals surface area contributed by atoms with Gasteiger partial charge < -0.3 is 15.1 Å². The molecule has 0 saturated heterocycles. The number of benzene rings is 1. The first-order valence-corrected chi connectivity index (χ1v) is 8.20. The first-order chi connectivity index (χ1) is 11.0. The fourth-order valence-corrected chi connectivity index (χ4v) is 2.32. The Morgan fingerprint density at radius 3 is 2.35 bits per heavy atom. The highest BCUT2D eigenvalue weighted by Gasteiger charge is 2.12. The number of carbonyl (C=O) groups excluding carboxylic acids is 2. The molecule has 0 atom stereocenters. The zero-order valence-corrected chi connectivity index (χ0v) is 14.5. The molecule has 5 heteroatoms. The second kappa shape index (κ2) is 10.8. The molecule has 128 valence electrons. The van der Waals surface area contributed by atoms with Crippen molar-refractivity contribution >= 4 is 11.8 Å². The van der Waals surface area contributed by atoms with Gasteiger partial charge in [0.25, 0.3) is 0 Å². The van der Waals surface area contributed by atoms with Crippen LogP contribution in [0.5, 0.6) is 0 Å². The van der Waals surface area contributed by atoms with Crippen molar-refractivity contribution in [1.82, 2.24) is 15.1 Å². The predicted octanol–water partition coefficient (Wildman–Crippen LogP) is 1.54. The Kier molecular flexibility index (Phi) is 8.98. The largest absolute Gasteiger partial charge is 0.355 e. The molecule has 0 saturated carbocycles. The molecule has 5 nitrogen and oxygen atoms in total. The number of rotatable bonds is 10. The number of hydrogen-bond donors (Lipinski definition) is 1. The van der Waals surface area contributed by atoms with Crippen LogP contribution in [0, 0.1) is 0 Å². The zero-order valence-electron chi connectivity index (χ0n) is 14.5. The molecule has 0 heterocycles. The smallest absolute Gasteiger partial charge is 0.239 e. The highest BCUT2D eigenvalue weighted by atomic mass is 16.2. The van der Waals surface area contributed by atoms with Gasteiger partial charge in [-0.05, 0) is 45.5 Å². The molecule has 0 unspecified atom stereocenters. The molecule has 1 rings (SSSR count). The van der Waals surface area contributed by atoms with Crippen LogP contribution in [0.2, 0.25) is 0 Å². The zero-order chi connectivity index (χ0) is 17.1. The summed E-state index contributed by atoms with van der Waals surface area (Å²) in [6.45, 7) is 3.85. The summed E-state index contributed by atoms with van der Waals surface area (Å²) in [7, 11) is 4.01. The van der Waals surface area contributed by atoms with Gasteiger partial charge in [-0.25, -0.2) is 0 Å². The maximum Gasteiger partial charge on any atom is 0.239 e. The molecule has 0 aliphatic carbocycles. The summed E-state index contributed by atoms with van der Waals surface area (Å²) < 4.78 is 0. The van der Waals surface area contributed by atoms with Gasteiger partial charge in [-0.15, -0.1) is 0 Å². The fraction of sp³-hybridized carbons (Fsp3) is 0.556. The molecule has 0 fully saturated rings. The average Bonchev–Trinajstić information content (AvgIpc) is 2.51. The molecular formula is C18H29N3O2. The number of nitrogens with zero attached hydrogens (tertiary/aromatic N) is 2. The van der Waals surface area contributed by atoms with Crippen molar-refractivity contribution in [3.63, 3.8) is 0 Å². The Hall–Kier alpha value is -1.88. The Labute approximate surface area is 139 Å². The van der Waals surface area contributed by atoms with Crippen LogP contribution >= 0.6 is 0 Å². The van der Waals surface area contributed by atoms with Gasteiger partial charge in [-0.2, -0.15) is 0 Å². The van der Waals surface area contributed by atoms with Crippen molar-refractivity contribution in [2.45, 2.75) is 26.2 Å². The third-order valence-electron chi connectivity index (χ3n) is 3.62. The number of nitrogens with one attached hydrogen (secondary N) is 1. The summed E-state index contributed by atoms with van der Waals surface area (Å²) in [5.74, 6) is -0.139. The van der Waals surface area contributed by atoms with E-state index in [1.54, 1.807) is 4.90 Å². The summed E-state index contributed by atoms with van der Waals surface area (Å²) >= 11 is 0. The van der Waals surface area contributed by atoms with E-state index in [0.717, 1.165) is 25.8 Å². The maximum atomic E-state index is 11.9. The molecular weight excluding hydrogens is 290 g/mol. The van der Waals surface area contributed by atoms with Crippen molar-refractivity contribution in [2.75, 3.05) is 40.3 Å². The van der Waals surface area contributed by atoms with Gasteiger partial charge in [0, 0.05) is 20.0 Å². The lowest BCUT2D eigenvalue weighted by Gasteiger charge is -2.20.